The molecule has 0 atom stereocenters. The maximum absolute atomic E-state index is 12.1. The van der Waals surface area contributed by atoms with Crippen LogP contribution in [0.5, 0.6) is 0 Å². The molecule has 9 nitrogen and oxygen atoms in total. The molecule has 1 N–H and O–H groups in total. The molecular formula is C22H24N8O. The highest BCUT2D eigenvalue weighted by atomic mass is 16.1. The van der Waals surface area contributed by atoms with Crippen LogP contribution in [0.4, 0.5) is 0 Å². The quantitative estimate of drug-likeness (QED) is 0.415. The average Bonchev–Trinajstić information content (AvgIpc) is 3.48. The van der Waals surface area contributed by atoms with Gasteiger partial charge in [0.05, 0.1) is 5.69 Å². The van der Waals surface area contributed by atoms with Crippen molar-refractivity contribution in [3.05, 3.63) is 59.8 Å². The molecule has 0 spiro atoms. The molecular weight excluding hydrogens is 392 g/mol. The first-order valence-corrected chi connectivity index (χ1v) is 10.4. The average molecular weight is 416 g/mol. The Morgan fingerprint density at radius 1 is 1.13 bits per heavy atom. The molecule has 1 aromatic carbocycles. The van der Waals surface area contributed by atoms with E-state index in [2.05, 4.69) is 42.6 Å². The number of aromatic nitrogens is 8. The van der Waals surface area contributed by atoms with E-state index in [9.17, 15) is 4.79 Å². The van der Waals surface area contributed by atoms with Gasteiger partial charge in [-0.3, -0.25) is 9.78 Å². The van der Waals surface area contributed by atoms with Gasteiger partial charge in [0.15, 0.2) is 0 Å². The number of carbonyl (C=O) groups excluding carboxylic acids is 1. The minimum Gasteiger partial charge on any atom is -0.291 e. The van der Waals surface area contributed by atoms with E-state index in [-0.39, 0.29) is 5.78 Å². The number of Topliss-reactive ketones (excluding diaryl/α,β-unsaturated/α-hetero) is 1. The minimum absolute atomic E-state index is 0.0315. The number of pyridine rings is 1. The van der Waals surface area contributed by atoms with E-state index in [0.717, 1.165) is 47.6 Å². The highest BCUT2D eigenvalue weighted by Crippen LogP contribution is 2.27. The third-order valence-electron chi connectivity index (χ3n) is 5.03. The molecule has 9 heteroatoms. The van der Waals surface area contributed by atoms with Gasteiger partial charge in [-0.25, -0.2) is 9.67 Å². The standard InChI is InChI=1S/C22H24N8O/c1-3-5-13-30-19(24-22(27-30)18(31)4-2)14-15-8-10-16(11-9-15)20-17(7-6-12-23-20)21-25-28-29-26-21/h6-12H,3-5,13-14H2,1-2H3,(H,25,26,28,29). The van der Waals surface area contributed by atoms with Gasteiger partial charge in [0.1, 0.15) is 5.82 Å². The number of tetrazole rings is 1. The fourth-order valence-corrected chi connectivity index (χ4v) is 3.32. The number of ketones is 1. The van der Waals surface area contributed by atoms with Crippen LogP contribution in [0.15, 0.2) is 42.6 Å². The third kappa shape index (κ3) is 4.55. The lowest BCUT2D eigenvalue weighted by atomic mass is 10.0. The van der Waals surface area contributed by atoms with Gasteiger partial charge in [-0.2, -0.15) is 5.21 Å². The molecule has 31 heavy (non-hydrogen) atoms. The summed E-state index contributed by atoms with van der Waals surface area (Å²) in [5.74, 6) is 1.59. The molecule has 0 aliphatic heterocycles. The Kier molecular flexibility index (Phi) is 6.21. The summed E-state index contributed by atoms with van der Waals surface area (Å²) in [5, 5.41) is 18.7. The van der Waals surface area contributed by atoms with E-state index in [1.807, 2.05) is 48.0 Å². The van der Waals surface area contributed by atoms with E-state index in [1.165, 1.54) is 0 Å². The molecule has 158 valence electrons. The molecule has 0 aliphatic rings. The zero-order valence-electron chi connectivity index (χ0n) is 17.6. The number of hydrogen-bond acceptors (Lipinski definition) is 7. The molecule has 0 aliphatic carbocycles. The van der Waals surface area contributed by atoms with Crippen molar-refractivity contribution in [1.29, 1.82) is 0 Å². The third-order valence-corrected chi connectivity index (χ3v) is 5.03. The van der Waals surface area contributed by atoms with Crippen LogP contribution < -0.4 is 0 Å². The lowest BCUT2D eigenvalue weighted by Crippen LogP contribution is -2.07. The second-order valence-corrected chi connectivity index (χ2v) is 7.21. The van der Waals surface area contributed by atoms with Crippen molar-refractivity contribution in [1.82, 2.24) is 40.4 Å². The molecule has 0 fully saturated rings. The van der Waals surface area contributed by atoms with Gasteiger partial charge in [-0.05, 0) is 29.3 Å². The second-order valence-electron chi connectivity index (χ2n) is 7.21. The number of benzene rings is 1. The first-order valence-electron chi connectivity index (χ1n) is 10.4. The number of hydrogen-bond donors (Lipinski definition) is 1. The Balaban J connectivity index is 1.59. The van der Waals surface area contributed by atoms with Crippen LogP contribution in [0.25, 0.3) is 22.6 Å². The number of nitrogens with zero attached hydrogens (tertiary/aromatic N) is 7. The van der Waals surface area contributed by atoms with Gasteiger partial charge in [0, 0.05) is 36.7 Å². The summed E-state index contributed by atoms with van der Waals surface area (Å²) in [6, 6.07) is 11.9. The van der Waals surface area contributed by atoms with Crippen LogP contribution >= 0.6 is 0 Å². The van der Waals surface area contributed by atoms with Crippen molar-refractivity contribution in [3.63, 3.8) is 0 Å². The van der Waals surface area contributed by atoms with Gasteiger partial charge in [-0.1, -0.05) is 44.5 Å². The molecule has 0 saturated heterocycles. The predicted molar refractivity (Wildman–Crippen MR) is 115 cm³/mol. The molecule has 0 unspecified atom stereocenters. The van der Waals surface area contributed by atoms with E-state index in [0.29, 0.717) is 24.5 Å². The van der Waals surface area contributed by atoms with Crippen molar-refractivity contribution in [2.24, 2.45) is 0 Å². The Labute approximate surface area is 180 Å². The number of unbranched alkanes of at least 4 members (excludes halogenated alkanes) is 1. The van der Waals surface area contributed by atoms with Crippen LogP contribution in [0.1, 0.15) is 55.1 Å². The first-order chi connectivity index (χ1) is 15.2. The monoisotopic (exact) mass is 416 g/mol. The zero-order chi connectivity index (χ0) is 21.6. The minimum atomic E-state index is -0.0315. The number of aryl methyl sites for hydroxylation is 1. The Bertz CT molecular complexity index is 1150. The number of rotatable bonds is 9. The molecule has 3 aromatic heterocycles. The van der Waals surface area contributed by atoms with Crippen LogP contribution in [0, 0.1) is 0 Å². The molecule has 0 bridgehead atoms. The summed E-state index contributed by atoms with van der Waals surface area (Å²) in [6.45, 7) is 4.72. The van der Waals surface area contributed by atoms with Gasteiger partial charge in [0.2, 0.25) is 17.4 Å². The summed E-state index contributed by atoms with van der Waals surface area (Å²) < 4.78 is 1.87. The largest absolute Gasteiger partial charge is 0.291 e. The van der Waals surface area contributed by atoms with Gasteiger partial charge in [-0.15, -0.1) is 15.3 Å². The highest BCUT2D eigenvalue weighted by Gasteiger charge is 2.16. The van der Waals surface area contributed by atoms with Crippen LogP contribution in [0.3, 0.4) is 0 Å². The number of nitrogens with one attached hydrogen (secondary N) is 1. The van der Waals surface area contributed by atoms with Crippen molar-refractivity contribution in [2.75, 3.05) is 0 Å². The second kappa shape index (κ2) is 9.38. The number of aromatic amines is 1. The summed E-state index contributed by atoms with van der Waals surface area (Å²) in [6.07, 6.45) is 4.80. The lowest BCUT2D eigenvalue weighted by Gasteiger charge is -2.08. The molecule has 4 aromatic rings. The van der Waals surface area contributed by atoms with Gasteiger partial charge >= 0.3 is 0 Å². The normalized spacial score (nSPS) is 11.0. The van der Waals surface area contributed by atoms with Crippen LogP contribution in [0.2, 0.25) is 0 Å². The molecule has 0 saturated carbocycles. The molecule has 3 heterocycles. The van der Waals surface area contributed by atoms with Crippen LogP contribution in [-0.4, -0.2) is 46.2 Å². The van der Waals surface area contributed by atoms with E-state index in [1.54, 1.807) is 6.20 Å². The summed E-state index contributed by atoms with van der Waals surface area (Å²) >= 11 is 0. The summed E-state index contributed by atoms with van der Waals surface area (Å²) in [5.41, 5.74) is 3.64. The Morgan fingerprint density at radius 2 is 1.97 bits per heavy atom. The summed E-state index contributed by atoms with van der Waals surface area (Å²) in [4.78, 5) is 21.1. The van der Waals surface area contributed by atoms with Crippen molar-refractivity contribution < 1.29 is 4.79 Å². The molecule has 0 radical (unpaired) electrons. The fraction of sp³-hybridized carbons (Fsp3) is 0.318. The van der Waals surface area contributed by atoms with Crippen molar-refractivity contribution in [2.45, 2.75) is 46.1 Å². The Hall–Kier alpha value is -3.75. The van der Waals surface area contributed by atoms with E-state index in [4.69, 9.17) is 0 Å². The molecule has 4 rings (SSSR count). The SMILES string of the molecule is CCCCn1nc(C(=O)CC)nc1Cc1ccc(-c2ncccc2-c2nn[nH]n2)cc1. The van der Waals surface area contributed by atoms with Crippen molar-refractivity contribution in [3.8, 4) is 22.6 Å². The van der Waals surface area contributed by atoms with Gasteiger partial charge < -0.3 is 0 Å². The number of H-pyrrole nitrogens is 1. The first kappa shape index (κ1) is 20.5. The summed E-state index contributed by atoms with van der Waals surface area (Å²) in [7, 11) is 0. The maximum Gasteiger partial charge on any atom is 0.217 e. The van der Waals surface area contributed by atoms with Crippen molar-refractivity contribution >= 4 is 5.78 Å². The molecule has 0 amide bonds. The zero-order valence-corrected chi connectivity index (χ0v) is 17.6. The highest BCUT2D eigenvalue weighted by molar-refractivity contribution is 5.92. The Morgan fingerprint density at radius 3 is 2.68 bits per heavy atom. The van der Waals surface area contributed by atoms with E-state index < -0.39 is 0 Å². The fourth-order valence-electron chi connectivity index (χ4n) is 3.32. The maximum atomic E-state index is 12.1. The van der Waals surface area contributed by atoms with E-state index >= 15 is 0 Å². The topological polar surface area (TPSA) is 115 Å². The number of carbonyl (C=O) groups is 1. The smallest absolute Gasteiger partial charge is 0.217 e. The van der Waals surface area contributed by atoms with Crippen LogP contribution in [-0.2, 0) is 13.0 Å². The van der Waals surface area contributed by atoms with Gasteiger partial charge in [0.25, 0.3) is 0 Å². The predicted octanol–water partition coefficient (Wildman–Crippen LogP) is 3.50. The lowest BCUT2D eigenvalue weighted by molar-refractivity contribution is 0.0978.